The molecule has 0 radical (unpaired) electrons. The summed E-state index contributed by atoms with van der Waals surface area (Å²) in [6.07, 6.45) is 4.92. The molecule has 28 heavy (non-hydrogen) atoms. The SMILES string of the molecule is O=C1S/C(=C\c2cccnc2)C(=O)N1CCNC(=S)NCc1ccc(F)cc1. The number of thioether (sulfide) groups is 1. The highest BCUT2D eigenvalue weighted by Gasteiger charge is 2.34. The van der Waals surface area contributed by atoms with E-state index in [2.05, 4.69) is 15.6 Å². The molecule has 2 aromatic rings. The largest absolute Gasteiger partial charge is 0.361 e. The van der Waals surface area contributed by atoms with E-state index in [-0.39, 0.29) is 23.5 Å². The molecule has 1 aromatic carbocycles. The summed E-state index contributed by atoms with van der Waals surface area (Å²) in [5, 5.41) is 6.03. The van der Waals surface area contributed by atoms with E-state index in [1.807, 2.05) is 6.07 Å². The van der Waals surface area contributed by atoms with Gasteiger partial charge in [-0.1, -0.05) is 18.2 Å². The minimum atomic E-state index is -0.328. The van der Waals surface area contributed by atoms with Crippen LogP contribution in [0.25, 0.3) is 6.08 Å². The number of carbonyl (C=O) groups excluding carboxylic acids is 2. The van der Waals surface area contributed by atoms with Crippen LogP contribution in [0.4, 0.5) is 9.18 Å². The van der Waals surface area contributed by atoms with Gasteiger partial charge in [0.05, 0.1) is 4.91 Å². The molecule has 1 saturated heterocycles. The van der Waals surface area contributed by atoms with Crippen molar-refractivity contribution in [2.75, 3.05) is 13.1 Å². The fraction of sp³-hybridized carbons (Fsp3) is 0.158. The topological polar surface area (TPSA) is 74.3 Å². The van der Waals surface area contributed by atoms with Crippen molar-refractivity contribution in [2.45, 2.75) is 6.54 Å². The van der Waals surface area contributed by atoms with Gasteiger partial charge in [-0.15, -0.1) is 0 Å². The van der Waals surface area contributed by atoms with E-state index in [0.717, 1.165) is 22.9 Å². The maximum atomic E-state index is 12.9. The van der Waals surface area contributed by atoms with Gasteiger partial charge in [-0.25, -0.2) is 4.39 Å². The number of amides is 2. The van der Waals surface area contributed by atoms with Crippen molar-refractivity contribution < 1.29 is 14.0 Å². The van der Waals surface area contributed by atoms with Crippen LogP contribution in [0.5, 0.6) is 0 Å². The average molecular weight is 417 g/mol. The monoisotopic (exact) mass is 416 g/mol. The first-order valence-corrected chi connectivity index (χ1v) is 9.67. The average Bonchev–Trinajstić information content (AvgIpc) is 2.95. The van der Waals surface area contributed by atoms with E-state index in [1.54, 1.807) is 36.7 Å². The van der Waals surface area contributed by atoms with Gasteiger partial charge in [-0.05, 0) is 59.4 Å². The number of pyridine rings is 1. The first kappa shape index (κ1) is 20.0. The number of hydrogen-bond donors (Lipinski definition) is 2. The lowest BCUT2D eigenvalue weighted by molar-refractivity contribution is -0.122. The van der Waals surface area contributed by atoms with Crippen LogP contribution in [0, 0.1) is 5.82 Å². The van der Waals surface area contributed by atoms with Crippen LogP contribution in [0.1, 0.15) is 11.1 Å². The molecule has 9 heteroatoms. The number of thiocarbonyl (C=S) groups is 1. The number of nitrogens with one attached hydrogen (secondary N) is 2. The van der Waals surface area contributed by atoms with Gasteiger partial charge in [-0.3, -0.25) is 19.5 Å². The number of carbonyl (C=O) groups is 2. The number of rotatable bonds is 6. The summed E-state index contributed by atoms with van der Waals surface area (Å²) in [6.45, 7) is 0.975. The van der Waals surface area contributed by atoms with Crippen LogP contribution in [-0.4, -0.2) is 39.2 Å². The molecule has 2 heterocycles. The summed E-state index contributed by atoms with van der Waals surface area (Å²) in [5.74, 6) is -0.620. The molecule has 0 atom stereocenters. The zero-order valence-electron chi connectivity index (χ0n) is 14.7. The number of imide groups is 1. The van der Waals surface area contributed by atoms with E-state index >= 15 is 0 Å². The van der Waals surface area contributed by atoms with E-state index in [1.165, 1.54) is 17.0 Å². The third-order valence-corrected chi connectivity index (χ3v) is 5.04. The Balaban J connectivity index is 1.46. The van der Waals surface area contributed by atoms with Crippen molar-refractivity contribution in [2.24, 2.45) is 0 Å². The van der Waals surface area contributed by atoms with Crippen LogP contribution < -0.4 is 10.6 Å². The summed E-state index contributed by atoms with van der Waals surface area (Å²) < 4.78 is 12.9. The quantitative estimate of drug-likeness (QED) is 0.554. The second kappa shape index (κ2) is 9.43. The maximum Gasteiger partial charge on any atom is 0.293 e. The normalized spacial score (nSPS) is 15.2. The van der Waals surface area contributed by atoms with Crippen LogP contribution in [-0.2, 0) is 11.3 Å². The van der Waals surface area contributed by atoms with Crippen LogP contribution in [0.15, 0.2) is 53.7 Å². The summed E-state index contributed by atoms with van der Waals surface area (Å²) >= 11 is 6.09. The molecule has 1 aliphatic heterocycles. The Morgan fingerprint density at radius 3 is 2.71 bits per heavy atom. The van der Waals surface area contributed by atoms with Crippen molar-refractivity contribution in [3.63, 3.8) is 0 Å². The third kappa shape index (κ3) is 5.37. The Labute approximate surface area is 171 Å². The Morgan fingerprint density at radius 2 is 2.00 bits per heavy atom. The summed E-state index contributed by atoms with van der Waals surface area (Å²) in [7, 11) is 0. The number of benzene rings is 1. The number of halogens is 1. The molecule has 1 fully saturated rings. The van der Waals surface area contributed by atoms with Gasteiger partial charge < -0.3 is 10.6 Å². The number of hydrogen-bond acceptors (Lipinski definition) is 5. The Kier molecular flexibility index (Phi) is 6.72. The van der Waals surface area contributed by atoms with Crippen LogP contribution >= 0.6 is 24.0 Å². The zero-order chi connectivity index (χ0) is 19.9. The first-order valence-electron chi connectivity index (χ1n) is 8.44. The second-order valence-corrected chi connectivity index (χ2v) is 7.26. The predicted molar refractivity (Wildman–Crippen MR) is 111 cm³/mol. The lowest BCUT2D eigenvalue weighted by atomic mass is 10.2. The fourth-order valence-electron chi connectivity index (χ4n) is 2.43. The van der Waals surface area contributed by atoms with E-state index in [9.17, 15) is 14.0 Å². The minimum Gasteiger partial charge on any atom is -0.361 e. The highest BCUT2D eigenvalue weighted by molar-refractivity contribution is 8.18. The molecule has 1 aliphatic rings. The van der Waals surface area contributed by atoms with E-state index in [0.29, 0.717) is 23.1 Å². The first-order chi connectivity index (χ1) is 13.5. The van der Waals surface area contributed by atoms with Gasteiger partial charge in [0.25, 0.3) is 11.1 Å². The molecule has 2 N–H and O–H groups in total. The van der Waals surface area contributed by atoms with Gasteiger partial charge in [0.15, 0.2) is 5.11 Å². The van der Waals surface area contributed by atoms with Crippen molar-refractivity contribution in [3.05, 3.63) is 70.6 Å². The van der Waals surface area contributed by atoms with E-state index in [4.69, 9.17) is 12.2 Å². The van der Waals surface area contributed by atoms with Crippen molar-refractivity contribution in [1.82, 2.24) is 20.5 Å². The van der Waals surface area contributed by atoms with Crippen LogP contribution in [0.3, 0.4) is 0 Å². The maximum absolute atomic E-state index is 12.9. The van der Waals surface area contributed by atoms with Gasteiger partial charge in [0.2, 0.25) is 0 Å². The van der Waals surface area contributed by atoms with Crippen molar-refractivity contribution in [1.29, 1.82) is 0 Å². The van der Waals surface area contributed by atoms with Crippen LogP contribution in [0.2, 0.25) is 0 Å². The smallest absolute Gasteiger partial charge is 0.293 e. The molecule has 0 bridgehead atoms. The molecule has 3 rings (SSSR count). The summed E-state index contributed by atoms with van der Waals surface area (Å²) in [4.78, 5) is 30.1. The minimum absolute atomic E-state index is 0.202. The van der Waals surface area contributed by atoms with Gasteiger partial charge in [0.1, 0.15) is 5.82 Å². The molecule has 0 unspecified atom stereocenters. The molecular formula is C19H17FN4O2S2. The molecule has 144 valence electrons. The Bertz CT molecular complexity index is 904. The molecule has 1 aromatic heterocycles. The predicted octanol–water partition coefficient (Wildman–Crippen LogP) is 2.92. The highest BCUT2D eigenvalue weighted by Crippen LogP contribution is 2.31. The highest BCUT2D eigenvalue weighted by atomic mass is 32.2. The van der Waals surface area contributed by atoms with Crippen molar-refractivity contribution >= 4 is 46.3 Å². The lowest BCUT2D eigenvalue weighted by Crippen LogP contribution is -2.41. The summed E-state index contributed by atoms with van der Waals surface area (Å²) in [5.41, 5.74) is 1.65. The zero-order valence-corrected chi connectivity index (χ0v) is 16.4. The van der Waals surface area contributed by atoms with E-state index < -0.39 is 0 Å². The molecule has 2 amide bonds. The Hall–Kier alpha value is -2.78. The molecule has 0 spiro atoms. The lowest BCUT2D eigenvalue weighted by Gasteiger charge is -2.15. The standard InChI is InChI=1S/C19H17FN4O2S2/c20-15-5-3-13(4-6-15)12-23-18(27)22-8-9-24-17(25)16(28-19(24)26)10-14-2-1-7-21-11-14/h1-7,10-11H,8-9,12H2,(H2,22,23,27)/b16-10-. The number of nitrogens with zero attached hydrogens (tertiary/aromatic N) is 2. The van der Waals surface area contributed by atoms with Gasteiger partial charge >= 0.3 is 0 Å². The fourth-order valence-corrected chi connectivity index (χ4v) is 3.47. The van der Waals surface area contributed by atoms with Gasteiger partial charge in [-0.2, -0.15) is 0 Å². The summed E-state index contributed by atoms with van der Waals surface area (Å²) in [6, 6.07) is 9.67. The number of aromatic nitrogens is 1. The van der Waals surface area contributed by atoms with Gasteiger partial charge in [0, 0.05) is 32.0 Å². The molecule has 0 saturated carbocycles. The molecule has 0 aliphatic carbocycles. The van der Waals surface area contributed by atoms with Crippen molar-refractivity contribution in [3.8, 4) is 0 Å². The third-order valence-electron chi connectivity index (χ3n) is 3.84. The molecular weight excluding hydrogens is 399 g/mol. The Morgan fingerprint density at radius 1 is 1.21 bits per heavy atom. The second-order valence-electron chi connectivity index (χ2n) is 5.86. The molecule has 6 nitrogen and oxygen atoms in total.